The lowest BCUT2D eigenvalue weighted by molar-refractivity contribution is -0.273. The van der Waals surface area contributed by atoms with Gasteiger partial charge in [-0.15, -0.1) is 0 Å². The van der Waals surface area contributed by atoms with E-state index in [2.05, 4.69) is 20.8 Å². The molecule has 0 N–H and O–H groups in total. The summed E-state index contributed by atoms with van der Waals surface area (Å²) in [5, 5.41) is 0.540. The van der Waals surface area contributed by atoms with Crippen LogP contribution in [0.5, 0.6) is 5.75 Å². The van der Waals surface area contributed by atoms with Crippen LogP contribution in [0.1, 0.15) is 22.7 Å². The number of benzene rings is 1. The van der Waals surface area contributed by atoms with Crippen molar-refractivity contribution in [3.8, 4) is 5.75 Å². The first kappa shape index (κ1) is 33.2. The number of nitrogens with zero attached hydrogens (tertiary/aromatic N) is 2. The van der Waals surface area contributed by atoms with Gasteiger partial charge in [0.1, 0.15) is 11.3 Å². The Hall–Kier alpha value is -3.04. The number of aryl methyl sites for hydroxylation is 1. The Morgan fingerprint density at radius 3 is 2.02 bits per heavy atom. The number of halogens is 1. The van der Waals surface area contributed by atoms with Crippen LogP contribution in [0, 0.1) is 13.8 Å². The molecule has 0 bridgehead atoms. The molecule has 0 aliphatic heterocycles. The van der Waals surface area contributed by atoms with Crippen molar-refractivity contribution >= 4 is 44.8 Å². The van der Waals surface area contributed by atoms with Gasteiger partial charge in [-0.05, 0) is 41.4 Å². The molecule has 40 heavy (non-hydrogen) atoms. The van der Waals surface area contributed by atoms with Crippen molar-refractivity contribution in [2.24, 2.45) is 0 Å². The van der Waals surface area contributed by atoms with Crippen LogP contribution in [0.15, 0.2) is 19.8 Å². The van der Waals surface area contributed by atoms with Crippen LogP contribution in [0.4, 0.5) is 0 Å². The van der Waals surface area contributed by atoms with E-state index in [9.17, 15) is 19.2 Å². The molecule has 1 aromatic heterocycles. The minimum atomic E-state index is -0.823. The second-order valence-corrected chi connectivity index (χ2v) is 9.55. The van der Waals surface area contributed by atoms with Crippen LogP contribution in [0.2, 0.25) is 0 Å². The van der Waals surface area contributed by atoms with Crippen LogP contribution < -0.4 is 10.4 Å². The number of hydrogen-bond donors (Lipinski definition) is 0. The highest BCUT2D eigenvalue weighted by molar-refractivity contribution is 9.10. The third kappa shape index (κ3) is 8.24. The van der Waals surface area contributed by atoms with Crippen molar-refractivity contribution in [2.45, 2.75) is 19.9 Å². The van der Waals surface area contributed by atoms with Crippen molar-refractivity contribution in [2.75, 3.05) is 74.9 Å². The molecule has 2 aromatic rings. The number of carbonyl (C=O) groups is 3. The van der Waals surface area contributed by atoms with E-state index in [1.54, 1.807) is 24.8 Å². The number of carbonyl (C=O) groups excluding carboxylic acids is 3. The monoisotopic (exact) mass is 630 g/mol. The fourth-order valence-corrected chi connectivity index (χ4v) is 5.03. The molecule has 0 aliphatic rings. The summed E-state index contributed by atoms with van der Waals surface area (Å²) >= 11 is 3.52. The zero-order chi connectivity index (χ0) is 30.0. The highest BCUT2D eigenvalue weighted by atomic mass is 79.9. The topological polar surface area (TPSA) is 143 Å². The lowest BCUT2D eigenvalue weighted by Crippen LogP contribution is -2.46. The molecule has 13 nitrogen and oxygen atoms in total. The highest BCUT2D eigenvalue weighted by Crippen LogP contribution is 2.39. The van der Waals surface area contributed by atoms with E-state index >= 15 is 0 Å². The standard InChI is InChI=1S/C26H35BrN2O11/c1-15-23(17-10-18(27)25(37-6)16(2)24(17)40-26(15)33)19(29(13-21(31)35-4)14-22(32)36-5)11-28(8-9-39-38-7)12-20(30)34-3/h10,19H,8-9,11-14H2,1-7H3. The maximum Gasteiger partial charge on any atom is 0.339 e. The molecular weight excluding hydrogens is 596 g/mol. The predicted octanol–water partition coefficient (Wildman–Crippen LogP) is 1.92. The predicted molar refractivity (Wildman–Crippen MR) is 146 cm³/mol. The quantitative estimate of drug-likeness (QED) is 0.0706. The summed E-state index contributed by atoms with van der Waals surface area (Å²) in [7, 11) is 6.57. The van der Waals surface area contributed by atoms with Crippen LogP contribution in [0.25, 0.3) is 11.0 Å². The molecule has 0 amide bonds. The van der Waals surface area contributed by atoms with E-state index in [1.165, 1.54) is 40.4 Å². The van der Waals surface area contributed by atoms with Crippen molar-refractivity contribution in [1.29, 1.82) is 0 Å². The Morgan fingerprint density at radius 1 is 0.925 bits per heavy atom. The zero-order valence-corrected chi connectivity index (χ0v) is 25.2. The van der Waals surface area contributed by atoms with Crippen molar-refractivity contribution in [3.05, 3.63) is 37.6 Å². The zero-order valence-electron chi connectivity index (χ0n) is 23.7. The Balaban J connectivity index is 2.87. The molecule has 1 aromatic carbocycles. The first-order valence-electron chi connectivity index (χ1n) is 12.2. The van der Waals surface area contributed by atoms with Gasteiger partial charge in [-0.3, -0.25) is 24.2 Å². The second-order valence-electron chi connectivity index (χ2n) is 8.69. The largest absolute Gasteiger partial charge is 0.495 e. The van der Waals surface area contributed by atoms with E-state index in [1.807, 2.05) is 0 Å². The SMILES string of the molecule is COOCCN(CC(=O)OC)CC(c1c(C)c(=O)oc2c(C)c(OC)c(Br)cc12)N(CC(=O)OC)CC(=O)OC. The van der Waals surface area contributed by atoms with Crippen LogP contribution in [0.3, 0.4) is 0 Å². The first-order chi connectivity index (χ1) is 19.0. The fourth-order valence-electron chi connectivity index (χ4n) is 4.34. The molecule has 0 saturated carbocycles. The van der Waals surface area contributed by atoms with Crippen molar-refractivity contribution < 1.29 is 47.5 Å². The Labute approximate surface area is 240 Å². The average molecular weight is 631 g/mol. The van der Waals surface area contributed by atoms with Gasteiger partial charge in [0.25, 0.3) is 0 Å². The summed E-state index contributed by atoms with van der Waals surface area (Å²) in [5.41, 5.74) is 0.955. The summed E-state index contributed by atoms with van der Waals surface area (Å²) in [6.45, 7) is 2.88. The summed E-state index contributed by atoms with van der Waals surface area (Å²) in [6.07, 6.45) is 0. The first-order valence-corrected chi connectivity index (χ1v) is 12.9. The third-order valence-corrected chi connectivity index (χ3v) is 6.92. The Kier molecular flexibility index (Phi) is 13.0. The molecule has 2 rings (SSSR count). The molecule has 0 aliphatic carbocycles. The van der Waals surface area contributed by atoms with Gasteiger partial charge < -0.3 is 23.4 Å². The summed E-state index contributed by atoms with van der Waals surface area (Å²) in [5.74, 6) is -1.30. The maximum absolute atomic E-state index is 13.1. The number of rotatable bonds is 15. The number of methoxy groups -OCH3 is 4. The van der Waals surface area contributed by atoms with Gasteiger partial charge >= 0.3 is 23.5 Å². The second kappa shape index (κ2) is 15.7. The van der Waals surface area contributed by atoms with Gasteiger partial charge in [-0.2, -0.15) is 0 Å². The number of ether oxygens (including phenoxy) is 4. The van der Waals surface area contributed by atoms with Crippen LogP contribution >= 0.6 is 15.9 Å². The van der Waals surface area contributed by atoms with Gasteiger partial charge in [-0.25, -0.2) is 14.6 Å². The highest BCUT2D eigenvalue weighted by Gasteiger charge is 2.33. The molecule has 0 saturated heterocycles. The van der Waals surface area contributed by atoms with Gasteiger partial charge in [0, 0.05) is 35.6 Å². The molecule has 1 atom stereocenters. The van der Waals surface area contributed by atoms with Gasteiger partial charge in [0.15, 0.2) is 0 Å². The molecule has 14 heteroatoms. The van der Waals surface area contributed by atoms with E-state index in [4.69, 9.17) is 28.3 Å². The minimum Gasteiger partial charge on any atom is -0.495 e. The lowest BCUT2D eigenvalue weighted by Gasteiger charge is -2.35. The smallest absolute Gasteiger partial charge is 0.339 e. The summed E-state index contributed by atoms with van der Waals surface area (Å²) in [4.78, 5) is 63.4. The number of fused-ring (bicyclic) bond motifs is 1. The Bertz CT molecular complexity index is 1250. The van der Waals surface area contributed by atoms with Gasteiger partial charge in [0.2, 0.25) is 0 Å². The van der Waals surface area contributed by atoms with Crippen molar-refractivity contribution in [1.82, 2.24) is 9.80 Å². The number of esters is 3. The minimum absolute atomic E-state index is 0.0538. The molecule has 0 fully saturated rings. The molecule has 0 radical (unpaired) electrons. The van der Waals surface area contributed by atoms with Gasteiger partial charge in [0.05, 0.1) is 66.3 Å². The average Bonchev–Trinajstić information content (AvgIpc) is 2.93. The maximum atomic E-state index is 13.1. The molecule has 222 valence electrons. The lowest BCUT2D eigenvalue weighted by atomic mass is 9.94. The van der Waals surface area contributed by atoms with Crippen molar-refractivity contribution in [3.63, 3.8) is 0 Å². The molecule has 1 unspecified atom stereocenters. The number of hydrogen-bond acceptors (Lipinski definition) is 13. The Morgan fingerprint density at radius 2 is 1.50 bits per heavy atom. The van der Waals surface area contributed by atoms with E-state index in [0.717, 1.165) is 0 Å². The fraction of sp³-hybridized carbons (Fsp3) is 0.538. The van der Waals surface area contributed by atoms with E-state index in [0.29, 0.717) is 26.7 Å². The van der Waals surface area contributed by atoms with E-state index < -0.39 is 29.6 Å². The molecule has 1 heterocycles. The summed E-state index contributed by atoms with van der Waals surface area (Å²) < 4.78 is 26.4. The summed E-state index contributed by atoms with van der Waals surface area (Å²) in [6, 6.07) is 0.920. The normalized spacial score (nSPS) is 12.1. The third-order valence-electron chi connectivity index (χ3n) is 6.33. The molecular formula is C26H35BrN2O11. The molecule has 0 spiro atoms. The van der Waals surface area contributed by atoms with Gasteiger partial charge in [-0.1, -0.05) is 0 Å². The van der Waals surface area contributed by atoms with Crippen LogP contribution in [-0.4, -0.2) is 103 Å². The van der Waals surface area contributed by atoms with Crippen LogP contribution in [-0.2, 0) is 38.4 Å². The van der Waals surface area contributed by atoms with E-state index in [-0.39, 0.29) is 50.5 Å².